The molecule has 6 atom stereocenters. The van der Waals surface area contributed by atoms with Crippen molar-refractivity contribution in [2.75, 3.05) is 30.4 Å². The highest BCUT2D eigenvalue weighted by Crippen LogP contribution is 2.60. The van der Waals surface area contributed by atoms with Crippen LogP contribution in [0.15, 0.2) is 48.5 Å². The lowest BCUT2D eigenvalue weighted by atomic mass is 9.70. The van der Waals surface area contributed by atoms with Crippen LogP contribution in [0.4, 0.5) is 11.4 Å². The average molecular weight is 649 g/mol. The minimum atomic E-state index is -1.14. The van der Waals surface area contributed by atoms with Crippen LogP contribution in [0.25, 0.3) is 0 Å². The molecule has 3 fully saturated rings. The Labute approximate surface area is 253 Å². The molecule has 3 N–H and O–H groups in total. The Bertz CT molecular complexity index is 1260. The summed E-state index contributed by atoms with van der Waals surface area (Å²) in [7, 11) is 0. The predicted octanol–water partition coefficient (Wildman–Crippen LogP) is 4.62. The molecule has 0 radical (unpaired) electrons. The average Bonchev–Trinajstić information content (AvgIpc) is 3.54. The minimum Gasteiger partial charge on any atom is -0.494 e. The summed E-state index contributed by atoms with van der Waals surface area (Å²) in [6.45, 7) is 2.91. The zero-order valence-electron chi connectivity index (χ0n) is 22.9. The van der Waals surface area contributed by atoms with Crippen molar-refractivity contribution in [1.29, 1.82) is 0 Å². The second-order valence-corrected chi connectivity index (χ2v) is 12.4. The van der Waals surface area contributed by atoms with Crippen molar-refractivity contribution in [3.05, 3.63) is 53.6 Å². The Morgan fingerprint density at radius 3 is 2.34 bits per heavy atom. The third-order valence-electron chi connectivity index (χ3n) is 8.19. The standard InChI is InChI=1S/C30H35BrClN3O6/c1-2-40-21-13-11-20(12-14-21)33-27(37)23-24-29(39)35(15-5-3-4-6-16-36)26(30(24)17-22(31)25(23)41-30)28(38)34-19-9-7-18(32)8-10-19/h7-14,22-26,36H,2-6,15-17H2,1H3,(H,33,37)(H,34,38)/t22?,23-,24+,25-,26?,30?/m1/s1. The number of rotatable bonds is 12. The summed E-state index contributed by atoms with van der Waals surface area (Å²) in [5, 5.41) is 15.6. The van der Waals surface area contributed by atoms with Gasteiger partial charge in [-0.2, -0.15) is 0 Å². The molecule has 41 heavy (non-hydrogen) atoms. The van der Waals surface area contributed by atoms with E-state index >= 15 is 0 Å². The van der Waals surface area contributed by atoms with Gasteiger partial charge in [0, 0.05) is 34.4 Å². The SMILES string of the molecule is CCOc1ccc(NC(=O)[C@H]2[C@@H]3OC4(CC3Br)C(C(=O)Nc3ccc(Cl)cc3)N(CCCCCCO)C(=O)[C@H]24)cc1. The Morgan fingerprint density at radius 2 is 1.68 bits per heavy atom. The number of unbranched alkanes of at least 4 members (excludes halogenated alkanes) is 3. The first-order valence-corrected chi connectivity index (χ1v) is 15.4. The van der Waals surface area contributed by atoms with Crippen molar-refractivity contribution < 1.29 is 29.0 Å². The van der Waals surface area contributed by atoms with E-state index in [0.717, 1.165) is 12.8 Å². The van der Waals surface area contributed by atoms with E-state index in [1.54, 1.807) is 53.4 Å². The number of carbonyl (C=O) groups excluding carboxylic acids is 3. The fourth-order valence-corrected chi connectivity index (χ4v) is 7.56. The molecule has 2 bridgehead atoms. The smallest absolute Gasteiger partial charge is 0.250 e. The van der Waals surface area contributed by atoms with Gasteiger partial charge in [-0.3, -0.25) is 14.4 Å². The molecule has 3 amide bonds. The van der Waals surface area contributed by atoms with Gasteiger partial charge in [-0.15, -0.1) is 0 Å². The Morgan fingerprint density at radius 1 is 1.05 bits per heavy atom. The molecule has 0 aromatic heterocycles. The van der Waals surface area contributed by atoms with Gasteiger partial charge in [0.15, 0.2) is 0 Å². The number of alkyl halides is 1. The quantitative estimate of drug-likeness (QED) is 0.229. The molecule has 3 aliphatic rings. The lowest BCUT2D eigenvalue weighted by Gasteiger charge is -2.34. The molecule has 0 aliphatic carbocycles. The first-order valence-electron chi connectivity index (χ1n) is 14.1. The van der Waals surface area contributed by atoms with E-state index in [0.29, 0.717) is 54.6 Å². The molecule has 0 saturated carbocycles. The lowest BCUT2D eigenvalue weighted by Crippen LogP contribution is -2.54. The molecule has 220 valence electrons. The minimum absolute atomic E-state index is 0.118. The van der Waals surface area contributed by atoms with E-state index < -0.39 is 29.6 Å². The number of aliphatic hydroxyl groups is 1. The summed E-state index contributed by atoms with van der Waals surface area (Å²) in [6, 6.07) is 13.0. The number of benzene rings is 2. The third kappa shape index (κ3) is 5.84. The number of hydrogen-bond donors (Lipinski definition) is 3. The molecular formula is C30H35BrClN3O6. The fourth-order valence-electron chi connectivity index (χ4n) is 6.49. The van der Waals surface area contributed by atoms with Crippen molar-refractivity contribution in [2.24, 2.45) is 11.8 Å². The normalized spacial score (nSPS) is 28.0. The van der Waals surface area contributed by atoms with Gasteiger partial charge in [0.2, 0.25) is 17.7 Å². The Balaban J connectivity index is 1.41. The number of carbonyl (C=O) groups is 3. The summed E-state index contributed by atoms with van der Waals surface area (Å²) in [6.07, 6.45) is 2.86. The Kier molecular flexibility index (Phi) is 9.23. The van der Waals surface area contributed by atoms with E-state index in [9.17, 15) is 14.4 Å². The van der Waals surface area contributed by atoms with Crippen molar-refractivity contribution >= 4 is 56.6 Å². The molecule has 3 aliphatic heterocycles. The number of fused-ring (bicyclic) bond motifs is 1. The van der Waals surface area contributed by atoms with Gasteiger partial charge in [-0.05, 0) is 74.7 Å². The first-order chi connectivity index (χ1) is 19.8. The van der Waals surface area contributed by atoms with Crippen LogP contribution < -0.4 is 15.4 Å². The highest BCUT2D eigenvalue weighted by atomic mass is 79.9. The van der Waals surface area contributed by atoms with E-state index in [2.05, 4.69) is 26.6 Å². The largest absolute Gasteiger partial charge is 0.494 e. The second kappa shape index (κ2) is 12.7. The predicted molar refractivity (Wildman–Crippen MR) is 159 cm³/mol. The number of ether oxygens (including phenoxy) is 2. The number of nitrogens with one attached hydrogen (secondary N) is 2. The molecule has 9 nitrogen and oxygen atoms in total. The van der Waals surface area contributed by atoms with Crippen molar-refractivity contribution in [1.82, 2.24) is 4.90 Å². The Hall–Kier alpha value is -2.66. The van der Waals surface area contributed by atoms with Crippen LogP contribution in [0.2, 0.25) is 5.02 Å². The van der Waals surface area contributed by atoms with Gasteiger partial charge in [0.05, 0.1) is 24.5 Å². The summed E-state index contributed by atoms with van der Waals surface area (Å²) < 4.78 is 12.0. The van der Waals surface area contributed by atoms with E-state index in [-0.39, 0.29) is 29.2 Å². The van der Waals surface area contributed by atoms with Gasteiger partial charge in [-0.25, -0.2) is 0 Å². The summed E-state index contributed by atoms with van der Waals surface area (Å²) in [5.74, 6) is -1.77. The number of halogens is 2. The molecule has 11 heteroatoms. The van der Waals surface area contributed by atoms with Gasteiger partial charge < -0.3 is 30.1 Å². The maximum atomic E-state index is 14.1. The van der Waals surface area contributed by atoms with E-state index in [1.165, 1.54) is 0 Å². The number of hydrogen-bond acceptors (Lipinski definition) is 6. The summed E-state index contributed by atoms with van der Waals surface area (Å²) in [5.41, 5.74) is 0.00479. The molecule has 5 rings (SSSR count). The molecule has 3 saturated heterocycles. The van der Waals surface area contributed by atoms with E-state index in [1.807, 2.05) is 6.92 Å². The topological polar surface area (TPSA) is 117 Å². The van der Waals surface area contributed by atoms with Crippen molar-refractivity contribution in [2.45, 2.75) is 61.6 Å². The van der Waals surface area contributed by atoms with E-state index in [4.69, 9.17) is 26.2 Å². The van der Waals surface area contributed by atoms with Crippen LogP contribution in [0.3, 0.4) is 0 Å². The highest BCUT2D eigenvalue weighted by Gasteiger charge is 2.76. The number of amides is 3. The fraction of sp³-hybridized carbons (Fsp3) is 0.500. The van der Waals surface area contributed by atoms with Crippen molar-refractivity contribution in [3.8, 4) is 5.75 Å². The zero-order chi connectivity index (χ0) is 29.1. The summed E-state index contributed by atoms with van der Waals surface area (Å²) in [4.78, 5) is 43.1. The van der Waals surface area contributed by atoms with Crippen LogP contribution in [-0.2, 0) is 19.1 Å². The van der Waals surface area contributed by atoms with Crippen LogP contribution in [0, 0.1) is 11.8 Å². The maximum absolute atomic E-state index is 14.1. The zero-order valence-corrected chi connectivity index (χ0v) is 25.2. The first kappa shape index (κ1) is 29.8. The van der Waals surface area contributed by atoms with Crippen LogP contribution in [-0.4, -0.2) is 70.1 Å². The van der Waals surface area contributed by atoms with Gasteiger partial charge >= 0.3 is 0 Å². The lowest BCUT2D eigenvalue weighted by molar-refractivity contribution is -0.139. The molecular weight excluding hydrogens is 614 g/mol. The van der Waals surface area contributed by atoms with Crippen LogP contribution in [0.1, 0.15) is 39.0 Å². The molecule has 3 unspecified atom stereocenters. The molecule has 2 aromatic rings. The second-order valence-electron chi connectivity index (χ2n) is 10.8. The van der Waals surface area contributed by atoms with Crippen LogP contribution >= 0.6 is 27.5 Å². The third-order valence-corrected chi connectivity index (χ3v) is 9.29. The van der Waals surface area contributed by atoms with Gasteiger partial charge in [0.1, 0.15) is 17.4 Å². The maximum Gasteiger partial charge on any atom is 0.250 e. The molecule has 1 spiro atoms. The summed E-state index contributed by atoms with van der Waals surface area (Å²) >= 11 is 9.72. The number of aliphatic hydroxyl groups excluding tert-OH is 1. The van der Waals surface area contributed by atoms with Crippen molar-refractivity contribution in [3.63, 3.8) is 0 Å². The number of likely N-dealkylation sites (tertiary alicyclic amines) is 1. The highest BCUT2D eigenvalue weighted by molar-refractivity contribution is 9.09. The van der Waals surface area contributed by atoms with Gasteiger partial charge in [0.25, 0.3) is 0 Å². The molecule has 2 aromatic carbocycles. The van der Waals surface area contributed by atoms with Crippen LogP contribution in [0.5, 0.6) is 5.75 Å². The number of anilines is 2. The number of nitrogens with zero attached hydrogens (tertiary/aromatic N) is 1. The van der Waals surface area contributed by atoms with Gasteiger partial charge in [-0.1, -0.05) is 40.4 Å². The monoisotopic (exact) mass is 647 g/mol. The molecule has 3 heterocycles.